The van der Waals surface area contributed by atoms with Gasteiger partial charge in [-0.15, -0.1) is 0 Å². The summed E-state index contributed by atoms with van der Waals surface area (Å²) in [6.45, 7) is 3.80. The summed E-state index contributed by atoms with van der Waals surface area (Å²) in [5, 5.41) is 9.59. The van der Waals surface area contributed by atoms with E-state index in [0.717, 1.165) is 12.6 Å². The topological polar surface area (TPSA) is 29.1 Å². The predicted molar refractivity (Wildman–Crippen MR) is 28.5 cm³/mol. The van der Waals surface area contributed by atoms with Crippen molar-refractivity contribution >= 4 is 6.92 Å². The minimum atomic E-state index is -0.0694. The standard InChI is InChI=1S/C4H10BO2/c1-3-5(4-2)7-6/h3-4H2,1-2H3. The van der Waals surface area contributed by atoms with Gasteiger partial charge in [0.1, 0.15) is 0 Å². The first kappa shape index (κ1) is 6.98. The Morgan fingerprint density at radius 1 is 1.43 bits per heavy atom. The number of hydrogen-bond donors (Lipinski definition) is 0. The molecule has 0 spiro atoms. The summed E-state index contributed by atoms with van der Waals surface area (Å²) in [5.41, 5.74) is 0. The van der Waals surface area contributed by atoms with Gasteiger partial charge in [-0.1, -0.05) is 19.1 Å². The van der Waals surface area contributed by atoms with Gasteiger partial charge in [0, 0.05) is 0 Å². The molecule has 0 aliphatic rings. The Balaban J connectivity index is 2.99. The maximum atomic E-state index is 9.59. The normalized spacial score (nSPS) is 9.00. The monoisotopic (exact) mass is 101 g/mol. The maximum Gasteiger partial charge on any atom is 0.344 e. The highest BCUT2D eigenvalue weighted by Crippen LogP contribution is 1.96. The van der Waals surface area contributed by atoms with Crippen LogP contribution >= 0.6 is 0 Å². The lowest BCUT2D eigenvalue weighted by Gasteiger charge is -1.96. The van der Waals surface area contributed by atoms with E-state index in [9.17, 15) is 5.26 Å². The van der Waals surface area contributed by atoms with Crippen LogP contribution in [0.2, 0.25) is 12.6 Å². The van der Waals surface area contributed by atoms with Crippen LogP contribution < -0.4 is 0 Å². The van der Waals surface area contributed by atoms with E-state index in [1.807, 2.05) is 13.8 Å². The summed E-state index contributed by atoms with van der Waals surface area (Å²) in [6, 6.07) is 0. The van der Waals surface area contributed by atoms with E-state index in [1.54, 1.807) is 0 Å². The molecule has 0 aromatic rings. The molecule has 0 saturated heterocycles. The molecule has 3 heteroatoms. The molecule has 0 atom stereocenters. The summed E-state index contributed by atoms with van der Waals surface area (Å²) in [6.07, 6.45) is 1.64. The predicted octanol–water partition coefficient (Wildman–Crippen LogP) is 1.38. The van der Waals surface area contributed by atoms with Crippen LogP contribution in [0.4, 0.5) is 0 Å². The SMILES string of the molecule is CCB(CC)O[O]. The van der Waals surface area contributed by atoms with Crippen molar-refractivity contribution < 1.29 is 10.1 Å². The molecule has 41 valence electrons. The van der Waals surface area contributed by atoms with Gasteiger partial charge in [0.2, 0.25) is 0 Å². The van der Waals surface area contributed by atoms with Crippen molar-refractivity contribution in [2.24, 2.45) is 0 Å². The molecule has 0 amide bonds. The van der Waals surface area contributed by atoms with Crippen LogP contribution in [-0.2, 0) is 10.1 Å². The molecule has 2 nitrogen and oxygen atoms in total. The second kappa shape index (κ2) is 4.15. The minimum Gasteiger partial charge on any atom is -0.273 e. The smallest absolute Gasteiger partial charge is 0.273 e. The summed E-state index contributed by atoms with van der Waals surface area (Å²) in [4.78, 5) is 3.80. The zero-order valence-electron chi connectivity index (χ0n) is 4.81. The lowest BCUT2D eigenvalue weighted by atomic mass is 9.63. The van der Waals surface area contributed by atoms with Crippen LogP contribution in [0.5, 0.6) is 0 Å². The second-order valence-electron chi connectivity index (χ2n) is 1.53. The van der Waals surface area contributed by atoms with Crippen LogP contribution in [0.15, 0.2) is 0 Å². The third kappa shape index (κ3) is 2.65. The molecule has 0 aliphatic carbocycles. The Bertz CT molecular complexity index is 31.2. The van der Waals surface area contributed by atoms with Gasteiger partial charge >= 0.3 is 6.92 Å². The van der Waals surface area contributed by atoms with Crippen molar-refractivity contribution in [1.29, 1.82) is 0 Å². The van der Waals surface area contributed by atoms with Gasteiger partial charge in [-0.25, -0.2) is 0 Å². The average Bonchev–Trinajstić information content (AvgIpc) is 1.72. The molecule has 0 heterocycles. The first-order valence-electron chi connectivity index (χ1n) is 2.63. The van der Waals surface area contributed by atoms with Crippen molar-refractivity contribution in [2.75, 3.05) is 0 Å². The van der Waals surface area contributed by atoms with E-state index < -0.39 is 0 Å². The number of rotatable bonds is 3. The van der Waals surface area contributed by atoms with Gasteiger partial charge in [-0.05, 0) is 12.6 Å². The summed E-state index contributed by atoms with van der Waals surface area (Å²) in [5.74, 6) is 0. The van der Waals surface area contributed by atoms with E-state index in [0.29, 0.717) is 0 Å². The minimum absolute atomic E-state index is 0.0694. The Labute approximate surface area is 44.5 Å². The first-order valence-corrected chi connectivity index (χ1v) is 2.63. The van der Waals surface area contributed by atoms with Crippen LogP contribution in [0.3, 0.4) is 0 Å². The Kier molecular flexibility index (Phi) is 4.14. The molecule has 0 fully saturated rings. The molecule has 0 aliphatic heterocycles. The van der Waals surface area contributed by atoms with Crippen LogP contribution in [0.1, 0.15) is 13.8 Å². The Morgan fingerprint density at radius 3 is 1.86 bits per heavy atom. The van der Waals surface area contributed by atoms with Gasteiger partial charge in [0.15, 0.2) is 0 Å². The van der Waals surface area contributed by atoms with E-state index in [2.05, 4.69) is 4.81 Å². The van der Waals surface area contributed by atoms with Crippen molar-refractivity contribution in [2.45, 2.75) is 26.5 Å². The highest BCUT2D eigenvalue weighted by atomic mass is 17.1. The average molecular weight is 101 g/mol. The summed E-state index contributed by atoms with van der Waals surface area (Å²) < 4.78 is 0. The molecule has 0 aromatic carbocycles. The van der Waals surface area contributed by atoms with Crippen molar-refractivity contribution in [1.82, 2.24) is 0 Å². The van der Waals surface area contributed by atoms with Crippen LogP contribution in [-0.4, -0.2) is 6.92 Å². The molecular weight excluding hydrogens is 90.9 g/mol. The first-order chi connectivity index (χ1) is 3.35. The highest BCUT2D eigenvalue weighted by Gasteiger charge is 2.08. The van der Waals surface area contributed by atoms with Crippen molar-refractivity contribution in [3.05, 3.63) is 0 Å². The molecular formula is C4H10BO2. The maximum absolute atomic E-state index is 9.59. The lowest BCUT2D eigenvalue weighted by Crippen LogP contribution is -2.10. The third-order valence-electron chi connectivity index (χ3n) is 1.05. The molecule has 0 saturated carbocycles. The van der Waals surface area contributed by atoms with Gasteiger partial charge in [-0.2, -0.15) is 0 Å². The lowest BCUT2D eigenvalue weighted by molar-refractivity contribution is -0.216. The van der Waals surface area contributed by atoms with Gasteiger partial charge < -0.3 is 0 Å². The molecule has 7 heavy (non-hydrogen) atoms. The summed E-state index contributed by atoms with van der Waals surface area (Å²) >= 11 is 0. The summed E-state index contributed by atoms with van der Waals surface area (Å²) in [7, 11) is 0. The van der Waals surface area contributed by atoms with Crippen molar-refractivity contribution in [3.63, 3.8) is 0 Å². The Hall–Kier alpha value is -0.0151. The van der Waals surface area contributed by atoms with Gasteiger partial charge in [-0.3, -0.25) is 4.81 Å². The molecule has 0 N–H and O–H groups in total. The van der Waals surface area contributed by atoms with E-state index >= 15 is 0 Å². The van der Waals surface area contributed by atoms with E-state index in [4.69, 9.17) is 0 Å². The zero-order chi connectivity index (χ0) is 5.70. The number of hydrogen-bond acceptors (Lipinski definition) is 1. The van der Waals surface area contributed by atoms with Gasteiger partial charge in [0.05, 0.1) is 0 Å². The molecule has 1 radical (unpaired) electrons. The molecule has 0 aromatic heterocycles. The van der Waals surface area contributed by atoms with Crippen molar-refractivity contribution in [3.8, 4) is 0 Å². The fraction of sp³-hybridized carbons (Fsp3) is 1.00. The molecule has 0 unspecified atom stereocenters. The highest BCUT2D eigenvalue weighted by molar-refractivity contribution is 6.51. The van der Waals surface area contributed by atoms with E-state index in [1.165, 1.54) is 0 Å². The largest absolute Gasteiger partial charge is 0.344 e. The fourth-order valence-corrected chi connectivity index (χ4v) is 0.425. The van der Waals surface area contributed by atoms with Crippen LogP contribution in [0, 0.1) is 0 Å². The second-order valence-corrected chi connectivity index (χ2v) is 1.53. The zero-order valence-corrected chi connectivity index (χ0v) is 4.81. The van der Waals surface area contributed by atoms with Crippen LogP contribution in [0.25, 0.3) is 0 Å². The molecule has 0 rings (SSSR count). The quantitative estimate of drug-likeness (QED) is 0.300. The third-order valence-corrected chi connectivity index (χ3v) is 1.05. The van der Waals surface area contributed by atoms with E-state index in [-0.39, 0.29) is 6.92 Å². The van der Waals surface area contributed by atoms with Gasteiger partial charge in [0.25, 0.3) is 0 Å². The fourth-order valence-electron chi connectivity index (χ4n) is 0.425. The Morgan fingerprint density at radius 2 is 1.86 bits per heavy atom. The molecule has 0 bridgehead atoms.